The summed E-state index contributed by atoms with van der Waals surface area (Å²) in [5.41, 5.74) is 6.19. The molecular weight excluding hydrogens is 330 g/mol. The summed E-state index contributed by atoms with van der Waals surface area (Å²) in [5, 5.41) is 2.80. The van der Waals surface area contributed by atoms with Gasteiger partial charge in [-0.25, -0.2) is 4.98 Å². The van der Waals surface area contributed by atoms with Gasteiger partial charge in [-0.15, -0.1) is 0 Å². The standard InChI is InChI=1S/C17H18ClN3O3/c1-10(2)24-17-13(18)8-12(9-20-17)16(23)21-14(15(19)22)11-6-4-3-5-7-11/h3-10,14H,1-2H3,(H2,19,22)(H,21,23)/t14-/m0/s1. The second-order valence-corrected chi connectivity index (χ2v) is 5.80. The number of hydrogen-bond acceptors (Lipinski definition) is 4. The summed E-state index contributed by atoms with van der Waals surface area (Å²) in [5.74, 6) is -0.917. The van der Waals surface area contributed by atoms with Crippen LogP contribution in [0.5, 0.6) is 5.88 Å². The van der Waals surface area contributed by atoms with Crippen molar-refractivity contribution in [3.63, 3.8) is 0 Å². The normalized spacial score (nSPS) is 11.8. The van der Waals surface area contributed by atoms with Crippen LogP contribution in [0.15, 0.2) is 42.6 Å². The summed E-state index contributed by atoms with van der Waals surface area (Å²) in [6.07, 6.45) is 1.24. The van der Waals surface area contributed by atoms with E-state index < -0.39 is 17.9 Å². The van der Waals surface area contributed by atoms with Crippen molar-refractivity contribution in [1.29, 1.82) is 0 Å². The van der Waals surface area contributed by atoms with E-state index in [1.165, 1.54) is 12.3 Å². The Labute approximate surface area is 145 Å². The van der Waals surface area contributed by atoms with E-state index in [9.17, 15) is 9.59 Å². The first kappa shape index (κ1) is 17.7. The largest absolute Gasteiger partial charge is 0.474 e. The van der Waals surface area contributed by atoms with E-state index in [1.807, 2.05) is 13.8 Å². The molecule has 126 valence electrons. The lowest BCUT2D eigenvalue weighted by atomic mass is 10.1. The highest BCUT2D eigenvalue weighted by atomic mass is 35.5. The van der Waals surface area contributed by atoms with Gasteiger partial charge in [-0.1, -0.05) is 41.9 Å². The van der Waals surface area contributed by atoms with Crippen molar-refractivity contribution >= 4 is 23.4 Å². The lowest BCUT2D eigenvalue weighted by Gasteiger charge is -2.16. The van der Waals surface area contributed by atoms with E-state index in [4.69, 9.17) is 22.1 Å². The molecule has 0 aliphatic heterocycles. The number of nitrogens with zero attached hydrogens (tertiary/aromatic N) is 1. The molecule has 1 atom stereocenters. The first-order valence-electron chi connectivity index (χ1n) is 7.35. The average molecular weight is 348 g/mol. The van der Waals surface area contributed by atoms with Gasteiger partial charge in [0.25, 0.3) is 5.91 Å². The molecule has 0 fully saturated rings. The van der Waals surface area contributed by atoms with Crippen LogP contribution in [0, 0.1) is 0 Å². The number of rotatable bonds is 6. The van der Waals surface area contributed by atoms with Gasteiger partial charge in [-0.05, 0) is 25.5 Å². The van der Waals surface area contributed by atoms with Crippen molar-refractivity contribution in [3.8, 4) is 5.88 Å². The predicted octanol–water partition coefficient (Wildman–Crippen LogP) is 2.48. The summed E-state index contributed by atoms with van der Waals surface area (Å²) >= 11 is 6.07. The van der Waals surface area contributed by atoms with Crippen LogP contribution in [-0.4, -0.2) is 22.9 Å². The maximum Gasteiger partial charge on any atom is 0.253 e. The number of carbonyl (C=O) groups is 2. The van der Waals surface area contributed by atoms with Crippen molar-refractivity contribution < 1.29 is 14.3 Å². The minimum atomic E-state index is -0.941. The molecule has 1 aromatic heterocycles. The van der Waals surface area contributed by atoms with Crippen LogP contribution in [0.2, 0.25) is 5.02 Å². The Morgan fingerprint density at radius 1 is 1.25 bits per heavy atom. The van der Waals surface area contributed by atoms with Gasteiger partial charge in [-0.2, -0.15) is 0 Å². The molecule has 0 radical (unpaired) electrons. The van der Waals surface area contributed by atoms with Gasteiger partial charge in [0.15, 0.2) is 0 Å². The number of ether oxygens (including phenoxy) is 1. The second-order valence-electron chi connectivity index (χ2n) is 5.40. The third-order valence-corrected chi connectivity index (χ3v) is 3.38. The first-order chi connectivity index (χ1) is 11.4. The molecule has 0 saturated carbocycles. The number of benzene rings is 1. The van der Waals surface area contributed by atoms with Crippen molar-refractivity contribution in [2.24, 2.45) is 5.73 Å². The van der Waals surface area contributed by atoms with Gasteiger partial charge >= 0.3 is 0 Å². The van der Waals surface area contributed by atoms with Crippen LogP contribution >= 0.6 is 11.6 Å². The number of hydrogen-bond donors (Lipinski definition) is 2. The molecule has 0 bridgehead atoms. The minimum Gasteiger partial charge on any atom is -0.474 e. The Kier molecular flexibility index (Phi) is 5.76. The fourth-order valence-corrected chi connectivity index (χ4v) is 2.25. The Morgan fingerprint density at radius 3 is 2.46 bits per heavy atom. The molecule has 0 saturated heterocycles. The molecule has 3 N–H and O–H groups in total. The van der Waals surface area contributed by atoms with Crippen LogP contribution in [0.25, 0.3) is 0 Å². The van der Waals surface area contributed by atoms with E-state index in [0.717, 1.165) is 0 Å². The molecule has 0 aliphatic carbocycles. The lowest BCUT2D eigenvalue weighted by Crippen LogP contribution is -2.37. The van der Waals surface area contributed by atoms with E-state index in [0.29, 0.717) is 5.56 Å². The summed E-state index contributed by atoms with van der Waals surface area (Å²) in [4.78, 5) is 28.0. The van der Waals surface area contributed by atoms with Crippen LogP contribution in [0.1, 0.15) is 35.8 Å². The van der Waals surface area contributed by atoms with Gasteiger partial charge in [-0.3, -0.25) is 9.59 Å². The summed E-state index contributed by atoms with van der Waals surface area (Å²) < 4.78 is 5.42. The quantitative estimate of drug-likeness (QED) is 0.839. The first-order valence-corrected chi connectivity index (χ1v) is 7.73. The monoisotopic (exact) mass is 347 g/mol. The van der Waals surface area contributed by atoms with Crippen molar-refractivity contribution in [2.75, 3.05) is 0 Å². The Morgan fingerprint density at radius 2 is 1.92 bits per heavy atom. The number of primary amides is 1. The second kappa shape index (κ2) is 7.79. The van der Waals surface area contributed by atoms with Crippen molar-refractivity contribution in [3.05, 3.63) is 58.7 Å². The van der Waals surface area contributed by atoms with Crippen LogP contribution in [0.3, 0.4) is 0 Å². The molecule has 7 heteroatoms. The van der Waals surface area contributed by atoms with Crippen molar-refractivity contribution in [2.45, 2.75) is 26.0 Å². The number of carbonyl (C=O) groups excluding carboxylic acids is 2. The third kappa shape index (κ3) is 4.45. The number of pyridine rings is 1. The fourth-order valence-electron chi connectivity index (χ4n) is 2.04. The average Bonchev–Trinajstić information content (AvgIpc) is 2.54. The molecule has 2 amide bonds. The SMILES string of the molecule is CC(C)Oc1ncc(C(=O)N[C@H](C(N)=O)c2ccccc2)cc1Cl. The molecule has 2 rings (SSSR count). The Bertz CT molecular complexity index is 735. The predicted molar refractivity (Wildman–Crippen MR) is 90.9 cm³/mol. The molecule has 0 aliphatic rings. The Balaban J connectivity index is 2.19. The lowest BCUT2D eigenvalue weighted by molar-refractivity contribution is -0.120. The highest BCUT2D eigenvalue weighted by Crippen LogP contribution is 2.23. The molecule has 1 heterocycles. The van der Waals surface area contributed by atoms with Gasteiger partial charge in [0, 0.05) is 6.20 Å². The maximum absolute atomic E-state index is 12.4. The van der Waals surface area contributed by atoms with Crippen LogP contribution in [0.4, 0.5) is 0 Å². The number of nitrogens with one attached hydrogen (secondary N) is 1. The van der Waals surface area contributed by atoms with Crippen LogP contribution in [-0.2, 0) is 4.79 Å². The maximum atomic E-state index is 12.4. The molecular formula is C17H18ClN3O3. The molecule has 2 aromatic rings. The van der Waals surface area contributed by atoms with E-state index in [1.54, 1.807) is 30.3 Å². The molecule has 6 nitrogen and oxygen atoms in total. The highest BCUT2D eigenvalue weighted by Gasteiger charge is 2.21. The fraction of sp³-hybridized carbons (Fsp3) is 0.235. The summed E-state index contributed by atoms with van der Waals surface area (Å²) in [6, 6.07) is 9.23. The molecule has 1 aromatic carbocycles. The smallest absolute Gasteiger partial charge is 0.253 e. The Hall–Kier alpha value is -2.60. The topological polar surface area (TPSA) is 94.3 Å². The third-order valence-electron chi connectivity index (χ3n) is 3.11. The number of nitrogens with two attached hydrogens (primary N) is 1. The number of aromatic nitrogens is 1. The van der Waals surface area contributed by atoms with Gasteiger partial charge in [0.1, 0.15) is 11.1 Å². The minimum absolute atomic E-state index is 0.0907. The number of halogens is 1. The number of amides is 2. The van der Waals surface area contributed by atoms with Gasteiger partial charge in [0.05, 0.1) is 11.7 Å². The van der Waals surface area contributed by atoms with E-state index in [2.05, 4.69) is 10.3 Å². The van der Waals surface area contributed by atoms with Crippen LogP contribution < -0.4 is 15.8 Å². The summed E-state index contributed by atoms with van der Waals surface area (Å²) in [6.45, 7) is 3.69. The molecule has 0 spiro atoms. The molecule has 24 heavy (non-hydrogen) atoms. The highest BCUT2D eigenvalue weighted by molar-refractivity contribution is 6.32. The zero-order chi connectivity index (χ0) is 17.7. The zero-order valence-electron chi connectivity index (χ0n) is 13.3. The molecule has 0 unspecified atom stereocenters. The van der Waals surface area contributed by atoms with Crippen molar-refractivity contribution in [1.82, 2.24) is 10.3 Å². The van der Waals surface area contributed by atoms with Gasteiger partial charge in [0.2, 0.25) is 11.8 Å². The zero-order valence-corrected chi connectivity index (χ0v) is 14.1. The van der Waals surface area contributed by atoms with Gasteiger partial charge < -0.3 is 15.8 Å². The van der Waals surface area contributed by atoms with E-state index in [-0.39, 0.29) is 22.6 Å². The van der Waals surface area contributed by atoms with E-state index >= 15 is 0 Å². The summed E-state index contributed by atoms with van der Waals surface area (Å²) in [7, 11) is 0.